The Balaban J connectivity index is 1.66. The summed E-state index contributed by atoms with van der Waals surface area (Å²) in [7, 11) is 0. The van der Waals surface area contributed by atoms with Crippen molar-refractivity contribution in [2.45, 2.75) is 38.0 Å². The summed E-state index contributed by atoms with van der Waals surface area (Å²) in [6, 6.07) is 0. The minimum atomic E-state index is 0.544. The Hall–Kier alpha value is -0.120. The second kappa shape index (κ2) is 6.58. The third-order valence-corrected chi connectivity index (χ3v) is 4.28. The number of hydrogen-bond acceptors (Lipinski definition) is 3. The van der Waals surface area contributed by atoms with Crippen LogP contribution in [0.15, 0.2) is 5.38 Å². The highest BCUT2D eigenvalue weighted by Crippen LogP contribution is 2.14. The fourth-order valence-electron chi connectivity index (χ4n) is 2.16. The third kappa shape index (κ3) is 3.72. The van der Waals surface area contributed by atoms with Gasteiger partial charge < -0.3 is 4.90 Å². The molecule has 1 aliphatic heterocycles. The maximum atomic E-state index is 5.73. The van der Waals surface area contributed by atoms with Gasteiger partial charge in [0.15, 0.2) is 0 Å². The molecular formula is C12H19ClN2S. The SMILES string of the molecule is ClCc1csc(CCCN2CCCCC2)n1. The van der Waals surface area contributed by atoms with Gasteiger partial charge in [0.05, 0.1) is 16.6 Å². The molecule has 1 aliphatic rings. The van der Waals surface area contributed by atoms with Gasteiger partial charge in [0.2, 0.25) is 0 Å². The highest BCUT2D eigenvalue weighted by Gasteiger charge is 2.09. The van der Waals surface area contributed by atoms with Gasteiger partial charge in [-0.3, -0.25) is 0 Å². The predicted octanol–water partition coefficient (Wildman–Crippen LogP) is 3.30. The van der Waals surface area contributed by atoms with Crippen LogP contribution in [0.2, 0.25) is 0 Å². The zero-order valence-electron chi connectivity index (χ0n) is 9.62. The summed E-state index contributed by atoms with van der Waals surface area (Å²) in [5.41, 5.74) is 1.03. The number of nitrogens with zero attached hydrogens (tertiary/aromatic N) is 2. The molecule has 0 atom stereocenters. The molecule has 90 valence electrons. The third-order valence-electron chi connectivity index (χ3n) is 3.05. The van der Waals surface area contributed by atoms with E-state index in [0.717, 1.165) is 12.1 Å². The average molecular weight is 259 g/mol. The molecule has 2 rings (SSSR count). The average Bonchev–Trinajstić information content (AvgIpc) is 2.78. The van der Waals surface area contributed by atoms with E-state index in [-0.39, 0.29) is 0 Å². The van der Waals surface area contributed by atoms with Crippen molar-refractivity contribution < 1.29 is 0 Å². The molecule has 16 heavy (non-hydrogen) atoms. The summed E-state index contributed by atoms with van der Waals surface area (Å²) in [5, 5.41) is 3.32. The first kappa shape index (κ1) is 12.3. The molecule has 1 fully saturated rings. The molecule has 0 amide bonds. The van der Waals surface area contributed by atoms with E-state index in [4.69, 9.17) is 11.6 Å². The highest BCUT2D eigenvalue weighted by atomic mass is 35.5. The van der Waals surface area contributed by atoms with E-state index in [9.17, 15) is 0 Å². The molecule has 0 aliphatic carbocycles. The van der Waals surface area contributed by atoms with Crippen molar-refractivity contribution >= 4 is 22.9 Å². The van der Waals surface area contributed by atoms with Crippen LogP contribution in [0.3, 0.4) is 0 Å². The number of piperidine rings is 1. The van der Waals surface area contributed by atoms with Gasteiger partial charge in [0, 0.05) is 11.8 Å². The van der Waals surface area contributed by atoms with Crippen molar-refractivity contribution in [1.82, 2.24) is 9.88 Å². The Morgan fingerprint density at radius 3 is 2.81 bits per heavy atom. The van der Waals surface area contributed by atoms with Crippen LogP contribution in [0, 0.1) is 0 Å². The van der Waals surface area contributed by atoms with Crippen LogP contribution in [0.4, 0.5) is 0 Å². The number of aromatic nitrogens is 1. The maximum absolute atomic E-state index is 5.73. The van der Waals surface area contributed by atoms with E-state index in [1.165, 1.54) is 50.3 Å². The second-order valence-corrected chi connectivity index (χ2v) is 5.58. The first-order valence-corrected chi connectivity index (χ1v) is 7.51. The maximum Gasteiger partial charge on any atom is 0.0929 e. The lowest BCUT2D eigenvalue weighted by Gasteiger charge is -2.26. The smallest absolute Gasteiger partial charge is 0.0929 e. The van der Waals surface area contributed by atoms with Crippen molar-refractivity contribution in [2.24, 2.45) is 0 Å². The Bertz CT molecular complexity index is 308. The lowest BCUT2D eigenvalue weighted by molar-refractivity contribution is 0.226. The standard InChI is InChI=1S/C12H19ClN2S/c13-9-11-10-16-12(14-11)5-4-8-15-6-2-1-3-7-15/h10H,1-9H2. The van der Waals surface area contributed by atoms with Gasteiger partial charge in [-0.05, 0) is 38.9 Å². The number of alkyl halides is 1. The van der Waals surface area contributed by atoms with E-state index in [1.807, 2.05) is 0 Å². The molecule has 0 bridgehead atoms. The molecule has 4 heteroatoms. The predicted molar refractivity (Wildman–Crippen MR) is 70.3 cm³/mol. The lowest BCUT2D eigenvalue weighted by Crippen LogP contribution is -2.30. The molecule has 0 aromatic carbocycles. The second-order valence-electron chi connectivity index (χ2n) is 4.37. The van der Waals surface area contributed by atoms with Crippen LogP contribution in [0.5, 0.6) is 0 Å². The highest BCUT2D eigenvalue weighted by molar-refractivity contribution is 7.09. The molecule has 2 nitrogen and oxygen atoms in total. The Kier molecular flexibility index (Phi) is 5.07. The van der Waals surface area contributed by atoms with Crippen LogP contribution in [0.25, 0.3) is 0 Å². The van der Waals surface area contributed by atoms with Gasteiger partial charge >= 0.3 is 0 Å². The molecular weight excluding hydrogens is 240 g/mol. The van der Waals surface area contributed by atoms with Crippen molar-refractivity contribution in [3.05, 3.63) is 16.1 Å². The van der Waals surface area contributed by atoms with Crippen LogP contribution < -0.4 is 0 Å². The van der Waals surface area contributed by atoms with Gasteiger partial charge in [0.25, 0.3) is 0 Å². The van der Waals surface area contributed by atoms with Gasteiger partial charge in [0.1, 0.15) is 0 Å². The van der Waals surface area contributed by atoms with Gasteiger partial charge in [-0.1, -0.05) is 6.42 Å². The van der Waals surface area contributed by atoms with E-state index in [0.29, 0.717) is 5.88 Å². The quantitative estimate of drug-likeness (QED) is 0.754. The normalized spacial score (nSPS) is 17.8. The van der Waals surface area contributed by atoms with Crippen molar-refractivity contribution in [1.29, 1.82) is 0 Å². The zero-order valence-corrected chi connectivity index (χ0v) is 11.2. The topological polar surface area (TPSA) is 16.1 Å². The summed E-state index contributed by atoms with van der Waals surface area (Å²) in [6.07, 6.45) is 6.52. The molecule has 2 heterocycles. The summed E-state index contributed by atoms with van der Waals surface area (Å²) in [6.45, 7) is 3.82. The number of aryl methyl sites for hydroxylation is 1. The zero-order chi connectivity index (χ0) is 11.2. The monoisotopic (exact) mass is 258 g/mol. The van der Waals surface area contributed by atoms with Gasteiger partial charge in [-0.25, -0.2) is 4.98 Å². The molecule has 0 saturated carbocycles. The minimum absolute atomic E-state index is 0.544. The molecule has 0 N–H and O–H groups in total. The first-order chi connectivity index (χ1) is 7.88. The lowest BCUT2D eigenvalue weighted by atomic mass is 10.1. The molecule has 0 spiro atoms. The summed E-state index contributed by atoms with van der Waals surface area (Å²) in [4.78, 5) is 7.06. The fourth-order valence-corrected chi connectivity index (χ4v) is 3.23. The number of thiazole rings is 1. The van der Waals surface area contributed by atoms with Crippen LogP contribution in [-0.4, -0.2) is 29.5 Å². The number of likely N-dealkylation sites (tertiary alicyclic amines) is 1. The van der Waals surface area contributed by atoms with Crippen LogP contribution >= 0.6 is 22.9 Å². The van der Waals surface area contributed by atoms with E-state index < -0.39 is 0 Å². The van der Waals surface area contributed by atoms with Gasteiger partial charge in [-0.2, -0.15) is 0 Å². The first-order valence-electron chi connectivity index (χ1n) is 6.10. The number of halogens is 1. The van der Waals surface area contributed by atoms with E-state index >= 15 is 0 Å². The summed E-state index contributed by atoms with van der Waals surface area (Å²) < 4.78 is 0. The largest absolute Gasteiger partial charge is 0.303 e. The van der Waals surface area contributed by atoms with Crippen LogP contribution in [-0.2, 0) is 12.3 Å². The van der Waals surface area contributed by atoms with E-state index in [1.54, 1.807) is 11.3 Å². The van der Waals surface area contributed by atoms with Crippen molar-refractivity contribution in [3.63, 3.8) is 0 Å². The Labute approximate surface area is 107 Å². The number of rotatable bonds is 5. The van der Waals surface area contributed by atoms with Crippen LogP contribution in [0.1, 0.15) is 36.4 Å². The number of hydrogen-bond donors (Lipinski definition) is 0. The minimum Gasteiger partial charge on any atom is -0.303 e. The van der Waals surface area contributed by atoms with Gasteiger partial charge in [-0.15, -0.1) is 22.9 Å². The van der Waals surface area contributed by atoms with E-state index in [2.05, 4.69) is 15.3 Å². The summed E-state index contributed by atoms with van der Waals surface area (Å²) >= 11 is 7.48. The Morgan fingerprint density at radius 1 is 1.31 bits per heavy atom. The fraction of sp³-hybridized carbons (Fsp3) is 0.750. The molecule has 1 saturated heterocycles. The molecule has 1 aromatic rings. The van der Waals surface area contributed by atoms with Crippen molar-refractivity contribution in [2.75, 3.05) is 19.6 Å². The van der Waals surface area contributed by atoms with Crippen molar-refractivity contribution in [3.8, 4) is 0 Å². The molecule has 1 aromatic heterocycles. The Morgan fingerprint density at radius 2 is 2.12 bits per heavy atom. The molecule has 0 unspecified atom stereocenters. The molecule has 0 radical (unpaired) electrons. The summed E-state index contributed by atoms with van der Waals surface area (Å²) in [5.74, 6) is 0.544.